The summed E-state index contributed by atoms with van der Waals surface area (Å²) in [5, 5.41) is 1.76. The summed E-state index contributed by atoms with van der Waals surface area (Å²) >= 11 is 4.49. The maximum absolute atomic E-state index is 12.4. The lowest BCUT2D eigenvalue weighted by atomic mass is 10.2. The largest absolute Gasteiger partial charge is 0.377 e. The van der Waals surface area contributed by atoms with Gasteiger partial charge in [-0.1, -0.05) is 0 Å². The minimum atomic E-state index is -3.42. The molecule has 1 aliphatic rings. The third kappa shape index (κ3) is 2.44. The summed E-state index contributed by atoms with van der Waals surface area (Å²) in [6.45, 7) is 2.53. The summed E-state index contributed by atoms with van der Waals surface area (Å²) in [6.07, 6.45) is 0.702. The molecule has 0 saturated carbocycles. The van der Waals surface area contributed by atoms with E-state index >= 15 is 0 Å². The highest BCUT2D eigenvalue weighted by Gasteiger charge is 2.36. The Labute approximate surface area is 114 Å². The van der Waals surface area contributed by atoms with Crippen molar-refractivity contribution in [2.45, 2.75) is 29.7 Å². The predicted molar refractivity (Wildman–Crippen MR) is 70.8 cm³/mol. The molecule has 2 rings (SSSR count). The van der Waals surface area contributed by atoms with Gasteiger partial charge in [-0.15, -0.1) is 11.3 Å². The van der Waals surface area contributed by atoms with Crippen LogP contribution in [0, 0.1) is 0 Å². The Bertz CT molecular complexity index is 499. The quantitative estimate of drug-likeness (QED) is 0.848. The molecule has 1 aromatic rings. The Morgan fingerprint density at radius 3 is 2.76 bits per heavy atom. The smallest absolute Gasteiger partial charge is 0.253 e. The molecule has 2 unspecified atom stereocenters. The van der Waals surface area contributed by atoms with Crippen molar-refractivity contribution in [3.63, 3.8) is 0 Å². The number of halogens is 1. The van der Waals surface area contributed by atoms with Gasteiger partial charge < -0.3 is 4.74 Å². The first-order valence-electron chi connectivity index (χ1n) is 5.27. The average Bonchev–Trinajstić information content (AvgIpc) is 2.86. The van der Waals surface area contributed by atoms with Gasteiger partial charge in [-0.25, -0.2) is 8.42 Å². The number of hydrogen-bond donors (Lipinski definition) is 0. The number of hydrogen-bond acceptors (Lipinski definition) is 4. The Kier molecular flexibility index (Phi) is 3.94. The summed E-state index contributed by atoms with van der Waals surface area (Å²) < 4.78 is 32.6. The zero-order valence-electron chi connectivity index (χ0n) is 9.59. The molecule has 96 valence electrons. The molecule has 2 atom stereocenters. The summed E-state index contributed by atoms with van der Waals surface area (Å²) in [7, 11) is -1.80. The van der Waals surface area contributed by atoms with Gasteiger partial charge in [0.2, 0.25) is 0 Å². The van der Waals surface area contributed by atoms with E-state index in [4.69, 9.17) is 4.74 Å². The van der Waals surface area contributed by atoms with Gasteiger partial charge in [-0.3, -0.25) is 0 Å². The molecular formula is C10H14BrNO3S2. The fourth-order valence-electron chi connectivity index (χ4n) is 1.97. The molecule has 1 saturated heterocycles. The lowest BCUT2D eigenvalue weighted by molar-refractivity contribution is 0.102. The fraction of sp³-hybridized carbons (Fsp3) is 0.600. The minimum absolute atomic E-state index is 0.0477. The molecule has 1 aromatic heterocycles. The van der Waals surface area contributed by atoms with Crippen molar-refractivity contribution in [3.05, 3.63) is 15.9 Å². The highest BCUT2D eigenvalue weighted by Crippen LogP contribution is 2.32. The van der Waals surface area contributed by atoms with E-state index in [9.17, 15) is 8.42 Å². The van der Waals surface area contributed by atoms with Gasteiger partial charge in [0, 0.05) is 18.1 Å². The van der Waals surface area contributed by atoms with Crippen LogP contribution in [-0.4, -0.2) is 38.5 Å². The van der Waals surface area contributed by atoms with E-state index in [1.54, 1.807) is 18.5 Å². The van der Waals surface area contributed by atoms with Crippen molar-refractivity contribution in [2.24, 2.45) is 0 Å². The maximum atomic E-state index is 12.4. The minimum Gasteiger partial charge on any atom is -0.377 e. The molecule has 0 radical (unpaired) electrons. The maximum Gasteiger partial charge on any atom is 0.253 e. The van der Waals surface area contributed by atoms with E-state index in [0.717, 1.165) is 6.42 Å². The molecule has 2 heterocycles. The van der Waals surface area contributed by atoms with E-state index in [0.29, 0.717) is 15.3 Å². The van der Waals surface area contributed by atoms with Crippen LogP contribution in [0.4, 0.5) is 0 Å². The standard InChI is InChI=1S/C10H14BrNO3S2/c1-7-9(3-5-15-7)12(2)17(13,14)10-8(11)4-6-16-10/h4,6-7,9H,3,5H2,1-2H3. The van der Waals surface area contributed by atoms with Gasteiger partial charge in [-0.05, 0) is 40.7 Å². The third-order valence-corrected chi connectivity index (χ3v) is 7.53. The van der Waals surface area contributed by atoms with Crippen LogP contribution in [0.2, 0.25) is 0 Å². The van der Waals surface area contributed by atoms with Crippen LogP contribution in [0.25, 0.3) is 0 Å². The molecule has 0 bridgehead atoms. The van der Waals surface area contributed by atoms with Crippen LogP contribution in [0.5, 0.6) is 0 Å². The first-order chi connectivity index (χ1) is 7.94. The second-order valence-electron chi connectivity index (χ2n) is 4.01. The van der Waals surface area contributed by atoms with E-state index in [1.165, 1.54) is 15.6 Å². The van der Waals surface area contributed by atoms with Crippen LogP contribution in [0.3, 0.4) is 0 Å². The Morgan fingerprint density at radius 1 is 1.59 bits per heavy atom. The second kappa shape index (κ2) is 4.97. The monoisotopic (exact) mass is 339 g/mol. The molecule has 4 nitrogen and oxygen atoms in total. The van der Waals surface area contributed by atoms with Gasteiger partial charge >= 0.3 is 0 Å². The Morgan fingerprint density at radius 2 is 2.29 bits per heavy atom. The van der Waals surface area contributed by atoms with Crippen molar-refractivity contribution >= 4 is 37.3 Å². The zero-order valence-corrected chi connectivity index (χ0v) is 12.8. The summed E-state index contributed by atoms with van der Waals surface area (Å²) in [4.78, 5) is 0. The normalized spacial score (nSPS) is 25.6. The number of sulfonamides is 1. The van der Waals surface area contributed by atoms with Crippen molar-refractivity contribution in [1.82, 2.24) is 4.31 Å². The van der Waals surface area contributed by atoms with Crippen molar-refractivity contribution in [1.29, 1.82) is 0 Å². The predicted octanol–water partition coefficient (Wildman–Crippen LogP) is 2.31. The summed E-state index contributed by atoms with van der Waals surface area (Å²) in [5.74, 6) is 0. The van der Waals surface area contributed by atoms with Crippen LogP contribution >= 0.6 is 27.3 Å². The molecule has 0 aromatic carbocycles. The lowest BCUT2D eigenvalue weighted by Gasteiger charge is -2.25. The highest BCUT2D eigenvalue weighted by molar-refractivity contribution is 9.10. The van der Waals surface area contributed by atoms with Crippen LogP contribution < -0.4 is 0 Å². The van der Waals surface area contributed by atoms with E-state index < -0.39 is 10.0 Å². The topological polar surface area (TPSA) is 46.6 Å². The summed E-state index contributed by atoms with van der Waals surface area (Å²) in [5.41, 5.74) is 0. The Balaban J connectivity index is 2.30. The fourth-order valence-corrected chi connectivity index (χ4v) is 5.90. The third-order valence-electron chi connectivity index (χ3n) is 3.00. The van der Waals surface area contributed by atoms with Crippen molar-refractivity contribution in [2.75, 3.05) is 13.7 Å². The first kappa shape index (κ1) is 13.5. The Hall–Kier alpha value is 0.0500. The first-order valence-corrected chi connectivity index (χ1v) is 8.38. The number of rotatable bonds is 3. The van der Waals surface area contributed by atoms with E-state index in [-0.39, 0.29) is 12.1 Å². The molecule has 0 amide bonds. The van der Waals surface area contributed by atoms with Crippen LogP contribution in [0.1, 0.15) is 13.3 Å². The SMILES string of the molecule is CC1OCCC1N(C)S(=O)(=O)c1sccc1Br. The van der Waals surface area contributed by atoms with Gasteiger partial charge in [0.05, 0.1) is 12.1 Å². The van der Waals surface area contributed by atoms with Gasteiger partial charge in [-0.2, -0.15) is 4.31 Å². The average molecular weight is 340 g/mol. The molecule has 0 N–H and O–H groups in total. The van der Waals surface area contributed by atoms with Gasteiger partial charge in [0.25, 0.3) is 10.0 Å². The number of nitrogens with zero attached hydrogens (tertiary/aromatic N) is 1. The van der Waals surface area contributed by atoms with Gasteiger partial charge in [0.1, 0.15) is 4.21 Å². The molecule has 1 aliphatic heterocycles. The second-order valence-corrected chi connectivity index (χ2v) is 7.97. The summed E-state index contributed by atoms with van der Waals surface area (Å²) in [6, 6.07) is 1.67. The zero-order chi connectivity index (χ0) is 12.6. The number of likely N-dealkylation sites (N-methyl/N-ethyl adjacent to an activating group) is 1. The van der Waals surface area contributed by atoms with Crippen LogP contribution in [-0.2, 0) is 14.8 Å². The number of ether oxygens (including phenoxy) is 1. The van der Waals surface area contributed by atoms with Crippen molar-refractivity contribution < 1.29 is 13.2 Å². The number of thiophene rings is 1. The van der Waals surface area contributed by atoms with Crippen LogP contribution in [0.15, 0.2) is 20.1 Å². The molecule has 7 heteroatoms. The molecule has 0 spiro atoms. The van der Waals surface area contributed by atoms with Gasteiger partial charge in [0.15, 0.2) is 0 Å². The van der Waals surface area contributed by atoms with E-state index in [2.05, 4.69) is 15.9 Å². The lowest BCUT2D eigenvalue weighted by Crippen LogP contribution is -2.40. The molecule has 1 fully saturated rings. The van der Waals surface area contributed by atoms with Crippen molar-refractivity contribution in [3.8, 4) is 0 Å². The van der Waals surface area contributed by atoms with E-state index in [1.807, 2.05) is 6.92 Å². The molecule has 17 heavy (non-hydrogen) atoms. The molecule has 0 aliphatic carbocycles. The highest BCUT2D eigenvalue weighted by atomic mass is 79.9. The molecular weight excluding hydrogens is 326 g/mol.